The van der Waals surface area contributed by atoms with Crippen LogP contribution in [0, 0.1) is 0 Å². The highest BCUT2D eigenvalue weighted by molar-refractivity contribution is 7.72. The molecule has 0 spiro atoms. The minimum absolute atomic E-state index is 0.105. The Morgan fingerprint density at radius 2 is 0.489 bits per heavy atom. The average molecular weight is 1270 g/mol. The van der Waals surface area contributed by atoms with Crippen molar-refractivity contribution in [1.29, 1.82) is 0 Å². The normalized spacial score (nSPS) is 13.1. The molecule has 10 aromatic carbocycles. The van der Waals surface area contributed by atoms with E-state index >= 15 is 0 Å². The van der Waals surface area contributed by atoms with Crippen LogP contribution in [0.25, 0.3) is 65.3 Å². The monoisotopic (exact) mass is 1260 g/mol. The lowest BCUT2D eigenvalue weighted by molar-refractivity contribution is 0.784. The van der Waals surface area contributed by atoms with Crippen molar-refractivity contribution in [2.24, 2.45) is 0 Å². The number of nitrogens with zero attached hydrogens (tertiary/aromatic N) is 4. The molecule has 14 rings (SSSR count). The number of rotatable bonds is 16. The van der Waals surface area contributed by atoms with Crippen LogP contribution < -0.4 is 32.3 Å². The minimum atomic E-state index is -0.748. The molecular weight excluding hydrogens is 1190 g/mol. The highest BCUT2D eigenvalue weighted by atomic mass is 31.1. The van der Waals surface area contributed by atoms with E-state index < -0.39 is 31.7 Å². The molecule has 0 aliphatic heterocycles. The topological polar surface area (TPSA) is 51.6 Å². The molecule has 0 saturated carbocycles. The maximum absolute atomic E-state index is 4.91. The largest absolute Gasteiger partial charge is 0.257 e. The van der Waals surface area contributed by atoms with Gasteiger partial charge in [-0.25, -0.2) is 0 Å². The molecule has 0 fully saturated rings. The van der Waals surface area contributed by atoms with Gasteiger partial charge in [-0.2, -0.15) is 0 Å². The van der Waals surface area contributed by atoms with E-state index in [1.54, 1.807) is 0 Å². The van der Waals surface area contributed by atoms with Crippen molar-refractivity contribution in [3.8, 4) is 22.3 Å². The summed E-state index contributed by atoms with van der Waals surface area (Å²) < 4.78 is 0. The fourth-order valence-electron chi connectivity index (χ4n) is 12.9. The quantitative estimate of drug-likeness (QED) is 0.0905. The molecule has 8 heteroatoms. The van der Waals surface area contributed by atoms with Crippen molar-refractivity contribution >= 4 is 107 Å². The number of aromatic nitrogens is 4. The van der Waals surface area contributed by atoms with Gasteiger partial charge < -0.3 is 0 Å². The number of benzene rings is 10. The Kier molecular flexibility index (Phi) is 19.1. The number of hydrogen-bond donors (Lipinski definition) is 0. The van der Waals surface area contributed by atoms with E-state index in [1.165, 1.54) is 109 Å². The summed E-state index contributed by atoms with van der Waals surface area (Å²) in [5, 5.41) is 13.2. The third kappa shape index (κ3) is 13.8. The van der Waals surface area contributed by atoms with Crippen molar-refractivity contribution < 1.29 is 0 Å². The Hall–Kier alpha value is -8.44. The zero-order chi connectivity index (χ0) is 63.0. The maximum Gasteiger partial charge on any atom is 0.0679 e. The van der Waals surface area contributed by atoms with E-state index in [4.69, 9.17) is 19.9 Å². The Labute approximate surface area is 548 Å². The highest BCUT2D eigenvalue weighted by Gasteiger charge is 2.32. The first-order valence-electron chi connectivity index (χ1n) is 31.8. The van der Waals surface area contributed by atoms with Gasteiger partial charge in [0.25, 0.3) is 0 Å². The van der Waals surface area contributed by atoms with Crippen molar-refractivity contribution in [3.63, 3.8) is 0 Å². The fourth-order valence-corrected chi connectivity index (χ4v) is 22.1. The molecule has 0 radical (unpaired) electrons. The van der Waals surface area contributed by atoms with Crippen LogP contribution in [0.5, 0.6) is 0 Å². The molecule has 4 unspecified atom stereocenters. The van der Waals surface area contributed by atoms with Gasteiger partial charge in [-0.1, -0.05) is 272 Å². The van der Waals surface area contributed by atoms with Crippen molar-refractivity contribution in [1.82, 2.24) is 19.9 Å². The smallest absolute Gasteiger partial charge is 0.0679 e. The predicted molar refractivity (Wildman–Crippen MR) is 403 cm³/mol. The molecule has 0 saturated heterocycles. The molecule has 0 amide bonds. The van der Waals surface area contributed by atoms with Crippen LogP contribution in [0.4, 0.5) is 0 Å². The molecule has 0 bridgehead atoms. The molecular formula is C84H76N4P4. The van der Waals surface area contributed by atoms with Gasteiger partial charge in [0.1, 0.15) is 0 Å². The summed E-state index contributed by atoms with van der Waals surface area (Å²) in [5.41, 5.74) is 15.7. The molecule has 4 heterocycles. The lowest BCUT2D eigenvalue weighted by Crippen LogP contribution is -2.23. The Bertz CT molecular complexity index is 4410. The van der Waals surface area contributed by atoms with Crippen molar-refractivity contribution in [3.05, 3.63) is 326 Å². The summed E-state index contributed by atoms with van der Waals surface area (Å²) in [7, 11) is -2.65. The SMILES string of the molecule is CC(C)(C)P(Cc1ccc2ccccc2c1-c1c(CP(c2ccccn2)C(C)(C)C)ccc2ccccc12)c1ccccn1.c1ccc(P(Cc2ccc3ccccc3c2-c2c(CP(c3ccccc3)c3ccccn3)ccc3ccccc23)c2ccccn2)cc1. The lowest BCUT2D eigenvalue weighted by atomic mass is 9.88. The molecule has 0 N–H and O–H groups in total. The highest BCUT2D eigenvalue weighted by Crippen LogP contribution is 2.56. The number of hydrogen-bond acceptors (Lipinski definition) is 4. The number of pyridine rings is 4. The Morgan fingerprint density at radius 1 is 0.239 bits per heavy atom. The molecule has 14 aromatic rings. The molecule has 4 atom stereocenters. The van der Waals surface area contributed by atoms with Gasteiger partial charge >= 0.3 is 0 Å². The second-order valence-corrected chi connectivity index (χ2v) is 35.6. The van der Waals surface area contributed by atoms with Gasteiger partial charge in [-0.05, 0) is 201 Å². The third-order valence-electron chi connectivity index (χ3n) is 17.3. The standard InChI is InChI=1S/C44H34N2P2.C40H42N2P2/c1-3-17-37(18-4-1)47(41-23-11-13-29-45-41)31-35-27-25-33-15-7-9-21-39(33)43(35)44-36(28-26-34-16-8-10-22-40(34)44)32-48(38-19-5-2-6-20-38)42-24-12-14-30-46-42;1-39(2,3)43(35-19-11-13-25-41-35)27-31-23-21-29-15-7-9-17-33(29)37(31)38-32(24-22-30-16-8-10-18-34(30)38)28-44(40(4,5)6)36-20-12-14-26-42-36/h1-30H,31-32H2;7-26H,27-28H2,1-6H3. The van der Waals surface area contributed by atoms with E-state index in [2.05, 4.69) is 296 Å². The molecule has 0 aliphatic rings. The number of fused-ring (bicyclic) bond motifs is 4. The van der Waals surface area contributed by atoms with Crippen LogP contribution in [0.3, 0.4) is 0 Å². The van der Waals surface area contributed by atoms with E-state index in [-0.39, 0.29) is 10.3 Å². The first-order chi connectivity index (χ1) is 44.9. The summed E-state index contributed by atoms with van der Waals surface area (Å²) in [4.78, 5) is 19.6. The second-order valence-electron chi connectivity index (χ2n) is 25.4. The van der Waals surface area contributed by atoms with E-state index in [9.17, 15) is 0 Å². The summed E-state index contributed by atoms with van der Waals surface area (Å²) in [6.45, 7) is 14.3. The first kappa shape index (κ1) is 62.4. The summed E-state index contributed by atoms with van der Waals surface area (Å²) >= 11 is 0. The molecule has 4 nitrogen and oxygen atoms in total. The third-order valence-corrected chi connectivity index (χ3v) is 28.3. The minimum Gasteiger partial charge on any atom is -0.257 e. The van der Waals surface area contributed by atoms with Crippen LogP contribution in [0.2, 0.25) is 0 Å². The molecule has 0 aliphatic carbocycles. The van der Waals surface area contributed by atoms with Crippen molar-refractivity contribution in [2.45, 2.75) is 76.5 Å². The summed E-state index contributed by atoms with van der Waals surface area (Å²) in [5.74, 6) is 0. The predicted octanol–water partition coefficient (Wildman–Crippen LogP) is 20.4. The Morgan fingerprint density at radius 3 is 0.761 bits per heavy atom. The van der Waals surface area contributed by atoms with Crippen molar-refractivity contribution in [2.75, 3.05) is 0 Å². The van der Waals surface area contributed by atoms with Crippen LogP contribution >= 0.6 is 31.7 Å². The summed E-state index contributed by atoms with van der Waals surface area (Å²) in [6, 6.07) is 102. The Balaban J connectivity index is 0.000000169. The second kappa shape index (κ2) is 28.2. The van der Waals surface area contributed by atoms with Gasteiger partial charge in [-0.15, -0.1) is 0 Å². The fraction of sp³-hybridized carbons (Fsp3) is 0.143. The van der Waals surface area contributed by atoms with Gasteiger partial charge in [0.05, 0.1) is 21.7 Å². The average Bonchev–Trinajstić information content (AvgIpc) is 0.771. The van der Waals surface area contributed by atoms with E-state index in [0.29, 0.717) is 0 Å². The van der Waals surface area contributed by atoms with Gasteiger partial charge in [0.15, 0.2) is 0 Å². The first-order valence-corrected chi connectivity index (χ1v) is 37.9. The maximum atomic E-state index is 4.91. The van der Waals surface area contributed by atoms with Crippen LogP contribution in [0.1, 0.15) is 63.8 Å². The molecule has 452 valence electrons. The van der Waals surface area contributed by atoms with Crippen LogP contribution in [-0.2, 0) is 24.6 Å². The zero-order valence-corrected chi connectivity index (χ0v) is 56.9. The molecule has 92 heavy (non-hydrogen) atoms. The van der Waals surface area contributed by atoms with Crippen LogP contribution in [0.15, 0.2) is 304 Å². The van der Waals surface area contributed by atoms with Gasteiger partial charge in [0, 0.05) is 37.1 Å². The zero-order valence-electron chi connectivity index (χ0n) is 53.3. The van der Waals surface area contributed by atoms with E-state index in [1.807, 2.05) is 49.1 Å². The lowest BCUT2D eigenvalue weighted by Gasteiger charge is -2.33. The summed E-state index contributed by atoms with van der Waals surface area (Å²) in [6.07, 6.45) is 11.5. The van der Waals surface area contributed by atoms with E-state index in [0.717, 1.165) is 35.5 Å². The molecule has 4 aromatic heterocycles. The van der Waals surface area contributed by atoms with Crippen LogP contribution in [-0.4, -0.2) is 30.2 Å². The van der Waals surface area contributed by atoms with Gasteiger partial charge in [0.2, 0.25) is 0 Å². The van der Waals surface area contributed by atoms with Gasteiger partial charge in [-0.3, -0.25) is 19.9 Å².